The Kier molecular flexibility index (Phi) is 4.07. The summed E-state index contributed by atoms with van der Waals surface area (Å²) < 4.78 is 0. The molecule has 1 nitrogen and oxygen atoms in total. The topological polar surface area (TPSA) is 20.2 Å². The Morgan fingerprint density at radius 1 is 1.00 bits per heavy atom. The second kappa shape index (κ2) is 5.86. The molecule has 0 aliphatic heterocycles. The summed E-state index contributed by atoms with van der Waals surface area (Å²) in [6.07, 6.45) is 5.01. The van der Waals surface area contributed by atoms with Crippen molar-refractivity contribution in [1.82, 2.24) is 0 Å². The van der Waals surface area contributed by atoms with Crippen LogP contribution in [0, 0.1) is 0 Å². The summed E-state index contributed by atoms with van der Waals surface area (Å²) in [6.45, 7) is 4.66. The predicted octanol–water partition coefficient (Wildman–Crippen LogP) is 3.92. The van der Waals surface area contributed by atoms with Crippen molar-refractivity contribution >= 4 is 13.3 Å². The number of rotatable bonds is 3. The van der Waals surface area contributed by atoms with E-state index in [1.807, 2.05) is 6.07 Å². The smallest absolute Gasteiger partial charge is 0.108 e. The van der Waals surface area contributed by atoms with Gasteiger partial charge in [0.1, 0.15) is 13.7 Å². The maximum Gasteiger partial charge on any atom is 0.108 e. The van der Waals surface area contributed by atoms with Crippen LogP contribution in [0.1, 0.15) is 24.0 Å². The number of aliphatic hydroxyl groups is 1. The summed E-state index contributed by atoms with van der Waals surface area (Å²) in [5, 5.41) is 12.6. The van der Waals surface area contributed by atoms with Gasteiger partial charge in [0, 0.05) is 0 Å². The lowest BCUT2D eigenvalue weighted by molar-refractivity contribution is 0.0701. The fraction of sp³-hybridized carbons (Fsp3) is 0.300. The molecule has 0 saturated carbocycles. The highest BCUT2D eigenvalue weighted by molar-refractivity contribution is 6.93. The second-order valence-corrected chi connectivity index (χ2v) is 11.2. The van der Waals surface area contributed by atoms with Crippen molar-refractivity contribution in [1.29, 1.82) is 0 Å². The molecule has 0 saturated heterocycles. The lowest BCUT2D eigenvalue weighted by Crippen LogP contribution is -2.40. The molecule has 22 heavy (non-hydrogen) atoms. The number of hydrogen-bond acceptors (Lipinski definition) is 1. The number of fused-ring (bicyclic) bond motifs is 1. The largest absolute Gasteiger partial charge is 0.381 e. The van der Waals surface area contributed by atoms with Gasteiger partial charge in [0.2, 0.25) is 0 Å². The van der Waals surface area contributed by atoms with Crippen molar-refractivity contribution < 1.29 is 5.11 Å². The van der Waals surface area contributed by atoms with Crippen LogP contribution < -0.4 is 5.19 Å². The molecule has 0 spiro atoms. The van der Waals surface area contributed by atoms with E-state index in [9.17, 15) is 5.11 Å². The maximum absolute atomic E-state index is 11.2. The Morgan fingerprint density at radius 2 is 1.68 bits per heavy atom. The van der Waals surface area contributed by atoms with Crippen LogP contribution in [0.3, 0.4) is 0 Å². The van der Waals surface area contributed by atoms with Crippen molar-refractivity contribution in [2.75, 3.05) is 0 Å². The van der Waals surface area contributed by atoms with Gasteiger partial charge in [-0.1, -0.05) is 84.7 Å². The normalized spacial score (nSPS) is 21.8. The van der Waals surface area contributed by atoms with Gasteiger partial charge in [-0.3, -0.25) is 0 Å². The Balaban J connectivity index is 1.93. The van der Waals surface area contributed by atoms with Gasteiger partial charge in [-0.2, -0.15) is 0 Å². The van der Waals surface area contributed by atoms with E-state index in [1.165, 1.54) is 10.8 Å². The molecule has 2 aromatic carbocycles. The molecule has 2 heteroatoms. The monoisotopic (exact) mass is 308 g/mol. The molecule has 0 radical (unpaired) electrons. The first-order chi connectivity index (χ1) is 10.5. The summed E-state index contributed by atoms with van der Waals surface area (Å²) in [5.74, 6) is 0. The van der Waals surface area contributed by atoms with Gasteiger partial charge < -0.3 is 5.11 Å². The first kappa shape index (κ1) is 15.3. The molecule has 0 aromatic heterocycles. The third-order valence-corrected chi connectivity index (χ3v) is 7.60. The van der Waals surface area contributed by atoms with Gasteiger partial charge in [-0.05, 0) is 30.4 Å². The molecule has 1 N–H and O–H groups in total. The number of benzene rings is 2. The zero-order chi connectivity index (χ0) is 15.6. The molecule has 0 bridgehead atoms. The van der Waals surface area contributed by atoms with Crippen LogP contribution in [0.25, 0.3) is 0 Å². The molecule has 1 unspecified atom stereocenters. The molecule has 1 atom stereocenters. The standard InChI is InChI=1S/C20H24OSi/c1-22(2,18-11-4-3-5-12-18)16-15-20(21)14-8-10-17-9-6-7-13-19(17)20/h3-7,9,11-13,15-16,21H,8,10,14H2,1-2H3/b16-15+. The van der Waals surface area contributed by atoms with Crippen molar-refractivity contribution in [3.63, 3.8) is 0 Å². The third-order valence-electron chi connectivity index (χ3n) is 4.78. The lowest BCUT2D eigenvalue weighted by atomic mass is 9.79. The lowest BCUT2D eigenvalue weighted by Gasteiger charge is -2.33. The Hall–Kier alpha value is -1.64. The summed E-state index contributed by atoms with van der Waals surface area (Å²) in [6, 6.07) is 19.0. The van der Waals surface area contributed by atoms with Crippen molar-refractivity contribution in [3.8, 4) is 0 Å². The van der Waals surface area contributed by atoms with Gasteiger partial charge in [0.05, 0.1) is 0 Å². The Bertz CT molecular complexity index is 675. The van der Waals surface area contributed by atoms with Crippen LogP contribution in [-0.4, -0.2) is 13.2 Å². The molecule has 3 rings (SSSR count). The molecule has 0 amide bonds. The Morgan fingerprint density at radius 3 is 2.45 bits per heavy atom. The predicted molar refractivity (Wildman–Crippen MR) is 96.0 cm³/mol. The SMILES string of the molecule is C[Si](C)(/C=C/C1(O)CCCc2ccccc21)c1ccccc1. The van der Waals surface area contributed by atoms with Crippen molar-refractivity contribution in [3.05, 3.63) is 77.5 Å². The van der Waals surface area contributed by atoms with Crippen molar-refractivity contribution in [2.45, 2.75) is 38.0 Å². The molecule has 2 aromatic rings. The zero-order valence-corrected chi connectivity index (χ0v) is 14.4. The van der Waals surface area contributed by atoms with Crippen molar-refractivity contribution in [2.24, 2.45) is 0 Å². The minimum absolute atomic E-state index is 0.798. The fourth-order valence-corrected chi connectivity index (χ4v) is 5.26. The average molecular weight is 308 g/mol. The van der Waals surface area contributed by atoms with E-state index in [2.05, 4.69) is 73.4 Å². The highest BCUT2D eigenvalue weighted by atomic mass is 28.3. The molecular weight excluding hydrogens is 284 g/mol. The highest BCUT2D eigenvalue weighted by Gasteiger charge is 2.32. The summed E-state index contributed by atoms with van der Waals surface area (Å²) in [7, 11) is -1.67. The molecule has 0 heterocycles. The van der Waals surface area contributed by atoms with E-state index in [0.29, 0.717) is 0 Å². The molecule has 0 fully saturated rings. The van der Waals surface area contributed by atoms with E-state index < -0.39 is 13.7 Å². The van der Waals surface area contributed by atoms with E-state index in [-0.39, 0.29) is 0 Å². The van der Waals surface area contributed by atoms with Crippen LogP contribution in [0.2, 0.25) is 13.1 Å². The second-order valence-electron chi connectivity index (χ2n) is 6.86. The maximum atomic E-state index is 11.2. The molecule has 114 valence electrons. The van der Waals surface area contributed by atoms with E-state index in [4.69, 9.17) is 0 Å². The van der Waals surface area contributed by atoms with Crippen LogP contribution >= 0.6 is 0 Å². The number of hydrogen-bond donors (Lipinski definition) is 1. The van der Waals surface area contributed by atoms with E-state index in [0.717, 1.165) is 24.8 Å². The van der Waals surface area contributed by atoms with Crippen LogP contribution in [0.15, 0.2) is 66.4 Å². The summed E-state index contributed by atoms with van der Waals surface area (Å²) in [4.78, 5) is 0. The molecule has 1 aliphatic carbocycles. The van der Waals surface area contributed by atoms with Gasteiger partial charge in [-0.15, -0.1) is 0 Å². The van der Waals surface area contributed by atoms with Crippen LogP contribution in [0.4, 0.5) is 0 Å². The highest BCUT2D eigenvalue weighted by Crippen LogP contribution is 2.36. The van der Waals surface area contributed by atoms with Crippen LogP contribution in [0.5, 0.6) is 0 Å². The molecule has 1 aliphatic rings. The Labute approximate surface area is 134 Å². The van der Waals surface area contributed by atoms with Gasteiger partial charge in [0.15, 0.2) is 0 Å². The van der Waals surface area contributed by atoms with Gasteiger partial charge >= 0.3 is 0 Å². The minimum Gasteiger partial charge on any atom is -0.381 e. The third kappa shape index (κ3) is 2.94. The van der Waals surface area contributed by atoms with Gasteiger partial charge in [-0.25, -0.2) is 0 Å². The molecular formula is C20H24OSi. The average Bonchev–Trinajstić information content (AvgIpc) is 2.55. The summed E-state index contributed by atoms with van der Waals surface area (Å²) >= 11 is 0. The van der Waals surface area contributed by atoms with Crippen LogP contribution in [-0.2, 0) is 12.0 Å². The number of aryl methyl sites for hydroxylation is 1. The minimum atomic E-state index is -1.67. The summed E-state index contributed by atoms with van der Waals surface area (Å²) in [5.41, 5.74) is 3.88. The van der Waals surface area contributed by atoms with E-state index >= 15 is 0 Å². The first-order valence-corrected chi connectivity index (χ1v) is 11.2. The quantitative estimate of drug-likeness (QED) is 0.852. The zero-order valence-electron chi connectivity index (χ0n) is 13.4. The van der Waals surface area contributed by atoms with E-state index in [1.54, 1.807) is 0 Å². The fourth-order valence-electron chi connectivity index (χ4n) is 3.33. The first-order valence-electron chi connectivity index (χ1n) is 8.08. The van der Waals surface area contributed by atoms with Gasteiger partial charge in [0.25, 0.3) is 0 Å².